The summed E-state index contributed by atoms with van der Waals surface area (Å²) < 4.78 is 5.89. The highest BCUT2D eigenvalue weighted by Crippen LogP contribution is 2.56. The van der Waals surface area contributed by atoms with Gasteiger partial charge in [-0.05, 0) is 62.7 Å². The molecule has 3 nitrogen and oxygen atoms in total. The maximum atomic E-state index is 12.5. The van der Waals surface area contributed by atoms with E-state index in [4.69, 9.17) is 4.74 Å². The molecular weight excluding hydrogens is 286 g/mol. The van der Waals surface area contributed by atoms with Crippen LogP contribution < -0.4 is 4.90 Å². The highest BCUT2D eigenvalue weighted by atomic mass is 16.6. The molecule has 0 spiro atoms. The van der Waals surface area contributed by atoms with Gasteiger partial charge in [-0.15, -0.1) is 0 Å². The summed E-state index contributed by atoms with van der Waals surface area (Å²) in [5, 5.41) is 0. The minimum Gasteiger partial charge on any atom is -0.462 e. The molecule has 0 unspecified atom stereocenters. The number of rotatable bonds is 2. The second-order valence-corrected chi connectivity index (χ2v) is 8.92. The summed E-state index contributed by atoms with van der Waals surface area (Å²) in [6.45, 7) is 10.3. The van der Waals surface area contributed by atoms with Crippen molar-refractivity contribution in [2.75, 3.05) is 19.6 Å². The van der Waals surface area contributed by atoms with Crippen molar-refractivity contribution in [3.8, 4) is 0 Å². The number of nitrogens with one attached hydrogen (secondary N) is 1. The maximum Gasteiger partial charge on any atom is 0.315 e. The molecule has 2 saturated heterocycles. The molecule has 23 heavy (non-hydrogen) atoms. The number of hydrogen-bond donors (Lipinski definition) is 1. The van der Waals surface area contributed by atoms with E-state index in [2.05, 4.69) is 13.5 Å². The predicted octanol–water partition coefficient (Wildman–Crippen LogP) is 2.37. The number of hydrogen-bond acceptors (Lipinski definition) is 2. The van der Waals surface area contributed by atoms with Gasteiger partial charge in [-0.25, -0.2) is 0 Å². The van der Waals surface area contributed by atoms with Gasteiger partial charge in [0.05, 0.1) is 19.6 Å². The van der Waals surface area contributed by atoms with E-state index < -0.39 is 0 Å². The Kier molecular flexibility index (Phi) is 4.03. The number of allylic oxidation sites excluding steroid dienone is 1. The number of carbonyl (C=O) groups is 1. The molecule has 2 heterocycles. The van der Waals surface area contributed by atoms with E-state index in [1.54, 1.807) is 4.90 Å². The largest absolute Gasteiger partial charge is 0.462 e. The van der Waals surface area contributed by atoms with Crippen LogP contribution in [0.15, 0.2) is 12.2 Å². The zero-order valence-electron chi connectivity index (χ0n) is 14.6. The summed E-state index contributed by atoms with van der Waals surface area (Å²) in [6, 6.07) is 0. The van der Waals surface area contributed by atoms with Crippen LogP contribution in [-0.4, -0.2) is 31.7 Å². The number of ether oxygens (including phenoxy) is 1. The smallest absolute Gasteiger partial charge is 0.315 e. The monoisotopic (exact) mass is 318 g/mol. The Balaban J connectivity index is 1.50. The third-order valence-electron chi connectivity index (χ3n) is 7.39. The van der Waals surface area contributed by atoms with Gasteiger partial charge in [-0.3, -0.25) is 4.79 Å². The first-order valence-corrected chi connectivity index (χ1v) is 9.78. The molecule has 4 rings (SSSR count). The lowest BCUT2D eigenvalue weighted by Gasteiger charge is -2.50. The Morgan fingerprint density at radius 3 is 2.83 bits per heavy atom. The summed E-state index contributed by atoms with van der Waals surface area (Å²) in [4.78, 5) is 14.2. The van der Waals surface area contributed by atoms with Crippen LogP contribution in [0.5, 0.6) is 0 Å². The van der Waals surface area contributed by atoms with Crippen LogP contribution >= 0.6 is 0 Å². The Hall–Kier alpha value is -0.830. The van der Waals surface area contributed by atoms with E-state index in [-0.39, 0.29) is 18.0 Å². The number of fused-ring (bicyclic) bond motifs is 2. The maximum absolute atomic E-state index is 12.5. The molecule has 0 aromatic rings. The standard InChI is InChI=1S/C20H31NO2/c1-14-7-6-8-20(2)12-18-15(11-17(14)20)16(19(22)23-18)13-21-9-4-3-5-10-21/h15-18H,1,3-13H2,2H3/p+1/t15-,16-,17+,18+,20-/m0/s1. The van der Waals surface area contributed by atoms with E-state index >= 15 is 0 Å². The number of esters is 1. The number of quaternary nitrogens is 1. The lowest BCUT2D eigenvalue weighted by molar-refractivity contribution is -0.907. The van der Waals surface area contributed by atoms with Gasteiger partial charge in [0.15, 0.2) is 0 Å². The Bertz CT molecular complexity index is 496. The van der Waals surface area contributed by atoms with E-state index in [9.17, 15) is 4.79 Å². The average molecular weight is 318 g/mol. The normalized spacial score (nSPS) is 44.6. The topological polar surface area (TPSA) is 30.7 Å². The van der Waals surface area contributed by atoms with Crippen molar-refractivity contribution in [2.45, 2.75) is 64.4 Å². The zero-order chi connectivity index (χ0) is 16.0. The van der Waals surface area contributed by atoms with Crippen molar-refractivity contribution in [1.82, 2.24) is 0 Å². The van der Waals surface area contributed by atoms with Gasteiger partial charge in [0.25, 0.3) is 0 Å². The van der Waals surface area contributed by atoms with Crippen molar-refractivity contribution in [3.63, 3.8) is 0 Å². The third-order valence-corrected chi connectivity index (χ3v) is 7.39. The van der Waals surface area contributed by atoms with Gasteiger partial charge >= 0.3 is 5.97 Å². The second-order valence-electron chi connectivity index (χ2n) is 8.92. The van der Waals surface area contributed by atoms with Crippen molar-refractivity contribution >= 4 is 5.97 Å². The fourth-order valence-corrected chi connectivity index (χ4v) is 6.06. The van der Waals surface area contributed by atoms with Crippen molar-refractivity contribution in [2.24, 2.45) is 23.2 Å². The summed E-state index contributed by atoms with van der Waals surface area (Å²) in [5.74, 6) is 1.31. The van der Waals surface area contributed by atoms with Gasteiger partial charge < -0.3 is 9.64 Å². The first-order chi connectivity index (χ1) is 11.1. The van der Waals surface area contributed by atoms with Crippen LogP contribution in [0.4, 0.5) is 0 Å². The summed E-state index contributed by atoms with van der Waals surface area (Å²) in [5.41, 5.74) is 1.77. The van der Waals surface area contributed by atoms with E-state index in [0.717, 1.165) is 19.4 Å². The lowest BCUT2D eigenvalue weighted by Crippen LogP contribution is -3.13. The van der Waals surface area contributed by atoms with Crippen molar-refractivity contribution < 1.29 is 14.4 Å². The molecule has 4 aliphatic rings. The third kappa shape index (κ3) is 2.75. The highest BCUT2D eigenvalue weighted by Gasteiger charge is 2.55. The molecule has 1 N–H and O–H groups in total. The predicted molar refractivity (Wildman–Crippen MR) is 90.1 cm³/mol. The van der Waals surface area contributed by atoms with Crippen LogP contribution in [-0.2, 0) is 9.53 Å². The quantitative estimate of drug-likeness (QED) is 0.626. The van der Waals surface area contributed by atoms with Gasteiger partial charge in [0.2, 0.25) is 0 Å². The molecule has 2 saturated carbocycles. The molecule has 2 aliphatic carbocycles. The Morgan fingerprint density at radius 1 is 1.26 bits per heavy atom. The molecule has 0 bridgehead atoms. The van der Waals surface area contributed by atoms with E-state index in [0.29, 0.717) is 17.3 Å². The molecule has 5 atom stereocenters. The fourth-order valence-electron chi connectivity index (χ4n) is 6.06. The Morgan fingerprint density at radius 2 is 2.04 bits per heavy atom. The van der Waals surface area contributed by atoms with Gasteiger partial charge in [0, 0.05) is 5.92 Å². The van der Waals surface area contributed by atoms with Crippen LogP contribution in [0.25, 0.3) is 0 Å². The second kappa shape index (κ2) is 5.91. The highest BCUT2D eigenvalue weighted by molar-refractivity contribution is 5.75. The van der Waals surface area contributed by atoms with Gasteiger partial charge in [0.1, 0.15) is 12.0 Å². The molecule has 0 amide bonds. The molecule has 0 aromatic heterocycles. The van der Waals surface area contributed by atoms with Crippen molar-refractivity contribution in [1.29, 1.82) is 0 Å². The SMILES string of the molecule is C=C1CCC[C@@]2(C)C[C@H]3OC(=O)[C@@H](C[NH+]4CCCCC4)[C@@H]3C[C@H]12. The summed E-state index contributed by atoms with van der Waals surface area (Å²) in [7, 11) is 0. The fraction of sp³-hybridized carbons (Fsp3) is 0.850. The van der Waals surface area contributed by atoms with Crippen LogP contribution in [0.1, 0.15) is 58.3 Å². The zero-order valence-corrected chi connectivity index (χ0v) is 14.6. The lowest BCUT2D eigenvalue weighted by atomic mass is 9.55. The van der Waals surface area contributed by atoms with Crippen LogP contribution in [0.2, 0.25) is 0 Å². The number of carbonyl (C=O) groups excluding carboxylic acids is 1. The molecule has 2 aliphatic heterocycles. The summed E-state index contributed by atoms with van der Waals surface area (Å²) >= 11 is 0. The minimum atomic E-state index is 0.103. The molecule has 0 aromatic carbocycles. The molecule has 3 heteroatoms. The first kappa shape index (κ1) is 15.7. The van der Waals surface area contributed by atoms with E-state index in [1.807, 2.05) is 0 Å². The van der Waals surface area contributed by atoms with Crippen molar-refractivity contribution in [3.05, 3.63) is 12.2 Å². The van der Waals surface area contributed by atoms with E-state index in [1.165, 1.54) is 57.2 Å². The van der Waals surface area contributed by atoms with Gasteiger partial charge in [-0.1, -0.05) is 19.1 Å². The minimum absolute atomic E-state index is 0.103. The summed E-state index contributed by atoms with van der Waals surface area (Å²) in [6.07, 6.45) is 10.1. The van der Waals surface area contributed by atoms with Crippen LogP contribution in [0, 0.1) is 23.2 Å². The Labute approximate surface area is 140 Å². The first-order valence-electron chi connectivity index (χ1n) is 9.78. The molecule has 4 fully saturated rings. The van der Waals surface area contributed by atoms with Crippen LogP contribution in [0.3, 0.4) is 0 Å². The average Bonchev–Trinajstić information content (AvgIpc) is 2.81. The molecule has 128 valence electrons. The number of piperidine rings is 1. The molecular formula is C20H32NO2+. The van der Waals surface area contributed by atoms with Gasteiger partial charge in [-0.2, -0.15) is 0 Å². The number of likely N-dealkylation sites (tertiary alicyclic amines) is 1. The molecule has 0 radical (unpaired) electrons.